The zero-order valence-corrected chi connectivity index (χ0v) is 15.1. The van der Waals surface area contributed by atoms with Gasteiger partial charge in [0.2, 0.25) is 11.9 Å². The van der Waals surface area contributed by atoms with Gasteiger partial charge in [0, 0.05) is 22.6 Å². The number of furan rings is 1. The van der Waals surface area contributed by atoms with Crippen molar-refractivity contribution in [1.82, 2.24) is 25.1 Å². The topological polar surface area (TPSA) is 107 Å². The number of aryl methyl sites for hydroxylation is 1. The molecule has 0 aliphatic heterocycles. The van der Waals surface area contributed by atoms with Gasteiger partial charge < -0.3 is 4.42 Å². The van der Waals surface area contributed by atoms with Gasteiger partial charge in [-0.05, 0) is 44.0 Å². The lowest BCUT2D eigenvalue weighted by Gasteiger charge is -2.09. The van der Waals surface area contributed by atoms with Crippen molar-refractivity contribution in [3.05, 3.63) is 48.6 Å². The van der Waals surface area contributed by atoms with Crippen molar-refractivity contribution in [2.45, 2.75) is 19.8 Å². The maximum absolute atomic E-state index is 12.1. The third kappa shape index (κ3) is 2.98. The first-order chi connectivity index (χ1) is 13.7. The summed E-state index contributed by atoms with van der Waals surface area (Å²) in [6.45, 7) is 1.93. The Morgan fingerprint density at radius 2 is 2.04 bits per heavy atom. The Kier molecular flexibility index (Phi) is 3.82. The van der Waals surface area contributed by atoms with Crippen molar-refractivity contribution >= 4 is 22.8 Å². The average Bonchev–Trinajstić information content (AvgIpc) is 3.43. The van der Waals surface area contributed by atoms with Crippen LogP contribution in [0.4, 0.5) is 5.95 Å². The lowest BCUT2D eigenvalue weighted by atomic mass is 10.0. The van der Waals surface area contributed by atoms with E-state index in [0.29, 0.717) is 17.1 Å². The van der Waals surface area contributed by atoms with E-state index in [4.69, 9.17) is 4.42 Å². The first-order valence-corrected chi connectivity index (χ1v) is 9.00. The summed E-state index contributed by atoms with van der Waals surface area (Å²) in [6, 6.07) is 9.37. The Bertz CT molecular complexity index is 1180. The van der Waals surface area contributed by atoms with Gasteiger partial charge in [0.25, 0.3) is 0 Å². The molecule has 28 heavy (non-hydrogen) atoms. The highest BCUT2D eigenvalue weighted by Crippen LogP contribution is 2.32. The van der Waals surface area contributed by atoms with E-state index < -0.39 is 0 Å². The van der Waals surface area contributed by atoms with E-state index in [0.717, 1.165) is 35.0 Å². The number of carbonyl (C=O) groups excluding carboxylic acids is 1. The number of fused-ring (bicyclic) bond motifs is 1. The molecule has 1 amide bonds. The van der Waals surface area contributed by atoms with Crippen molar-refractivity contribution < 1.29 is 9.21 Å². The molecule has 0 atom stereocenters. The first-order valence-electron chi connectivity index (χ1n) is 9.00. The van der Waals surface area contributed by atoms with Crippen molar-refractivity contribution in [2.75, 3.05) is 5.32 Å². The van der Waals surface area contributed by atoms with Gasteiger partial charge in [-0.2, -0.15) is 0 Å². The summed E-state index contributed by atoms with van der Waals surface area (Å²) in [5.41, 5.74) is 3.62. The molecule has 1 N–H and O–H groups in total. The molecule has 5 rings (SSSR count). The maximum atomic E-state index is 12.1. The highest BCUT2D eigenvalue weighted by atomic mass is 16.3. The smallest absolute Gasteiger partial charge is 0.250 e. The van der Waals surface area contributed by atoms with Gasteiger partial charge >= 0.3 is 0 Å². The summed E-state index contributed by atoms with van der Waals surface area (Å²) in [5, 5.41) is 12.1. The molecule has 8 heteroatoms. The molecule has 0 spiro atoms. The Morgan fingerprint density at radius 1 is 1.14 bits per heavy atom. The maximum Gasteiger partial charge on any atom is 0.250 e. The number of nitrogens with zero attached hydrogens (tertiary/aromatic N) is 5. The fourth-order valence-corrected chi connectivity index (χ4v) is 3.05. The molecule has 1 saturated carbocycles. The number of aromatic nitrogens is 5. The number of anilines is 1. The fourth-order valence-electron chi connectivity index (χ4n) is 3.05. The molecule has 138 valence electrons. The van der Waals surface area contributed by atoms with Crippen molar-refractivity contribution in [3.8, 4) is 22.7 Å². The second kappa shape index (κ2) is 6.49. The summed E-state index contributed by atoms with van der Waals surface area (Å²) >= 11 is 0. The monoisotopic (exact) mass is 372 g/mol. The predicted octanol–water partition coefficient (Wildman–Crippen LogP) is 3.40. The first kappa shape index (κ1) is 16.5. The molecule has 4 aromatic rings. The summed E-state index contributed by atoms with van der Waals surface area (Å²) in [7, 11) is 0. The number of hydrogen-bond donors (Lipinski definition) is 1. The summed E-state index contributed by atoms with van der Waals surface area (Å²) in [5.74, 6) is 0.706. The van der Waals surface area contributed by atoms with Crippen LogP contribution in [0.25, 0.3) is 33.6 Å². The van der Waals surface area contributed by atoms with Crippen LogP contribution < -0.4 is 5.32 Å². The van der Waals surface area contributed by atoms with Crippen LogP contribution in [0.5, 0.6) is 0 Å². The molecule has 0 bridgehead atoms. The van der Waals surface area contributed by atoms with Gasteiger partial charge in [0.15, 0.2) is 5.76 Å². The van der Waals surface area contributed by atoms with Crippen molar-refractivity contribution in [3.63, 3.8) is 0 Å². The van der Waals surface area contributed by atoms with Crippen LogP contribution in [0, 0.1) is 12.8 Å². The van der Waals surface area contributed by atoms with E-state index in [1.54, 1.807) is 24.7 Å². The third-order valence-corrected chi connectivity index (χ3v) is 4.73. The van der Waals surface area contributed by atoms with Crippen molar-refractivity contribution in [2.24, 2.45) is 5.92 Å². The lowest BCUT2D eigenvalue weighted by Crippen LogP contribution is -2.16. The van der Waals surface area contributed by atoms with E-state index in [2.05, 4.69) is 30.5 Å². The summed E-state index contributed by atoms with van der Waals surface area (Å²) < 4.78 is 5.55. The van der Waals surface area contributed by atoms with Gasteiger partial charge in [0.05, 0.1) is 11.8 Å². The van der Waals surface area contributed by atoms with E-state index in [9.17, 15) is 4.79 Å². The average molecular weight is 372 g/mol. The number of rotatable bonds is 4. The van der Waals surface area contributed by atoms with Gasteiger partial charge in [-0.3, -0.25) is 10.1 Å². The highest BCUT2D eigenvalue weighted by molar-refractivity contribution is 5.93. The summed E-state index contributed by atoms with van der Waals surface area (Å²) in [4.78, 5) is 25.1. The number of amides is 1. The minimum atomic E-state index is -0.0709. The van der Waals surface area contributed by atoms with E-state index in [1.807, 2.05) is 25.1 Å². The molecule has 8 nitrogen and oxygen atoms in total. The van der Waals surface area contributed by atoms with Crippen LogP contribution >= 0.6 is 0 Å². The zero-order chi connectivity index (χ0) is 19.1. The number of hydrogen-bond acceptors (Lipinski definition) is 7. The van der Waals surface area contributed by atoms with Crippen LogP contribution in [0.1, 0.15) is 18.5 Å². The molecular weight excluding hydrogens is 356 g/mol. The predicted molar refractivity (Wildman–Crippen MR) is 102 cm³/mol. The second-order valence-electron chi connectivity index (χ2n) is 6.76. The van der Waals surface area contributed by atoms with Gasteiger partial charge in [0.1, 0.15) is 17.7 Å². The molecular formula is C20H16N6O2. The minimum absolute atomic E-state index is 0.0544. The zero-order valence-electron chi connectivity index (χ0n) is 15.1. The molecule has 0 radical (unpaired) electrons. The van der Waals surface area contributed by atoms with Gasteiger partial charge in [-0.15, -0.1) is 10.2 Å². The van der Waals surface area contributed by atoms with Crippen LogP contribution in [0.2, 0.25) is 0 Å². The molecule has 1 aromatic carbocycles. The van der Waals surface area contributed by atoms with Gasteiger partial charge in [-0.1, -0.05) is 6.07 Å². The Morgan fingerprint density at radius 3 is 2.82 bits per heavy atom. The molecule has 1 aliphatic carbocycles. The fraction of sp³-hybridized carbons (Fsp3) is 0.200. The molecule has 3 aromatic heterocycles. The van der Waals surface area contributed by atoms with E-state index in [-0.39, 0.29) is 17.8 Å². The van der Waals surface area contributed by atoms with Crippen molar-refractivity contribution in [1.29, 1.82) is 0 Å². The molecule has 0 saturated heterocycles. The Balaban J connectivity index is 1.62. The Labute approximate surface area is 160 Å². The lowest BCUT2D eigenvalue weighted by molar-refractivity contribution is -0.117. The quantitative estimate of drug-likeness (QED) is 0.585. The SMILES string of the molecule is Cc1ncnc2ccc(-c3nnc(NC(=O)C4CC4)nc3-c3ccco3)cc12. The molecule has 3 heterocycles. The Hall–Kier alpha value is -3.68. The summed E-state index contributed by atoms with van der Waals surface area (Å²) in [6.07, 6.45) is 4.92. The van der Waals surface area contributed by atoms with Crippen LogP contribution in [0.15, 0.2) is 47.3 Å². The van der Waals surface area contributed by atoms with Crippen LogP contribution in [-0.4, -0.2) is 31.1 Å². The van der Waals surface area contributed by atoms with E-state index >= 15 is 0 Å². The highest BCUT2D eigenvalue weighted by Gasteiger charge is 2.30. The largest absolute Gasteiger partial charge is 0.463 e. The molecule has 1 fully saturated rings. The third-order valence-electron chi connectivity index (χ3n) is 4.73. The molecule has 1 aliphatic rings. The molecule has 0 unspecified atom stereocenters. The second-order valence-corrected chi connectivity index (χ2v) is 6.76. The van der Waals surface area contributed by atoms with Gasteiger partial charge in [-0.25, -0.2) is 15.0 Å². The van der Waals surface area contributed by atoms with Crippen LogP contribution in [-0.2, 0) is 4.79 Å². The van der Waals surface area contributed by atoms with E-state index in [1.165, 1.54) is 0 Å². The number of carbonyl (C=O) groups is 1. The van der Waals surface area contributed by atoms with Crippen LogP contribution in [0.3, 0.4) is 0 Å². The normalized spacial score (nSPS) is 13.6. The minimum Gasteiger partial charge on any atom is -0.463 e. The number of benzene rings is 1. The standard InChI is InChI=1S/C20H16N6O2/c1-11-14-9-13(6-7-15(14)22-10-21-11)17-18(16-3-2-8-28-16)23-20(26-25-17)24-19(27)12-4-5-12/h2-3,6-10,12H,4-5H2,1H3,(H,23,24,26,27). The number of nitrogens with one attached hydrogen (secondary N) is 1.